The Morgan fingerprint density at radius 1 is 1.53 bits per heavy atom. The molecule has 0 aromatic heterocycles. The monoisotopic (exact) mass is 299 g/mol. The second-order valence-corrected chi connectivity index (χ2v) is 4.88. The number of carbonyl (C=O) groups is 1. The minimum absolute atomic E-state index is 0.192. The molecular formula is C11H10BrNO4. The van der Waals surface area contributed by atoms with Crippen LogP contribution in [0.3, 0.4) is 0 Å². The maximum Gasteiger partial charge on any atom is 0.415 e. The van der Waals surface area contributed by atoms with E-state index in [1.54, 1.807) is 11.0 Å². The Hall–Kier alpha value is -1.27. The van der Waals surface area contributed by atoms with E-state index in [2.05, 4.69) is 15.9 Å². The van der Waals surface area contributed by atoms with Crippen molar-refractivity contribution in [1.29, 1.82) is 0 Å². The number of hydrogen-bond acceptors (Lipinski definition) is 4. The van der Waals surface area contributed by atoms with Crippen LogP contribution in [-0.2, 0) is 4.74 Å². The maximum absolute atomic E-state index is 11.8. The molecule has 90 valence electrons. The van der Waals surface area contributed by atoms with Gasteiger partial charge in [-0.2, -0.15) is 0 Å². The number of nitrogens with zero attached hydrogens (tertiary/aromatic N) is 1. The van der Waals surface area contributed by atoms with Crippen LogP contribution in [0.15, 0.2) is 22.7 Å². The van der Waals surface area contributed by atoms with E-state index in [-0.39, 0.29) is 12.6 Å². The van der Waals surface area contributed by atoms with Crippen LogP contribution in [0.1, 0.15) is 0 Å². The molecule has 0 radical (unpaired) electrons. The first kappa shape index (κ1) is 10.9. The number of ether oxygens (including phenoxy) is 2. The summed E-state index contributed by atoms with van der Waals surface area (Å²) in [5.74, 6) is 0.645. The zero-order chi connectivity index (χ0) is 12.0. The van der Waals surface area contributed by atoms with E-state index in [1.807, 2.05) is 12.1 Å². The number of benzene rings is 1. The molecule has 1 aromatic carbocycles. The molecule has 2 aliphatic rings. The predicted octanol–water partition coefficient (Wildman–Crippen LogP) is 1.53. The van der Waals surface area contributed by atoms with Gasteiger partial charge in [-0.25, -0.2) is 4.79 Å². The summed E-state index contributed by atoms with van der Waals surface area (Å²) in [6.45, 7) is 0.141. The molecular weight excluding hydrogens is 290 g/mol. The minimum Gasteiger partial charge on any atom is -0.489 e. The van der Waals surface area contributed by atoms with Gasteiger partial charge >= 0.3 is 6.09 Å². The molecule has 5 nitrogen and oxygen atoms in total. The molecule has 1 fully saturated rings. The lowest BCUT2D eigenvalue weighted by atomic mass is 10.1. The first-order chi connectivity index (χ1) is 8.20. The Morgan fingerprint density at radius 3 is 3.12 bits per heavy atom. The van der Waals surface area contributed by atoms with Crippen LogP contribution in [0, 0.1) is 0 Å². The quantitative estimate of drug-likeness (QED) is 0.854. The van der Waals surface area contributed by atoms with Gasteiger partial charge in [0, 0.05) is 4.47 Å². The number of halogens is 1. The molecule has 17 heavy (non-hydrogen) atoms. The zero-order valence-corrected chi connectivity index (χ0v) is 10.4. The molecule has 0 saturated carbocycles. The van der Waals surface area contributed by atoms with E-state index in [9.17, 15) is 4.79 Å². The SMILES string of the molecule is O=C1O[C@@H](CO)[C@@H]2COc3cc(Br)ccc3N12. The molecule has 2 aliphatic heterocycles. The topological polar surface area (TPSA) is 59.0 Å². The molecule has 1 amide bonds. The van der Waals surface area contributed by atoms with E-state index in [4.69, 9.17) is 14.6 Å². The second kappa shape index (κ2) is 3.89. The van der Waals surface area contributed by atoms with Gasteiger partial charge in [-0.15, -0.1) is 0 Å². The largest absolute Gasteiger partial charge is 0.489 e. The van der Waals surface area contributed by atoms with Crippen molar-refractivity contribution in [3.05, 3.63) is 22.7 Å². The third-order valence-electron chi connectivity index (χ3n) is 2.98. The van der Waals surface area contributed by atoms with Crippen molar-refractivity contribution < 1.29 is 19.4 Å². The van der Waals surface area contributed by atoms with Crippen LogP contribution in [-0.4, -0.2) is 36.6 Å². The highest BCUT2D eigenvalue weighted by atomic mass is 79.9. The molecule has 1 N–H and O–H groups in total. The van der Waals surface area contributed by atoms with Gasteiger partial charge in [-0.1, -0.05) is 15.9 Å². The third kappa shape index (κ3) is 1.59. The van der Waals surface area contributed by atoms with Crippen LogP contribution in [0.25, 0.3) is 0 Å². The van der Waals surface area contributed by atoms with Crippen molar-refractivity contribution >= 4 is 27.7 Å². The van der Waals surface area contributed by atoms with Crippen LogP contribution in [0.5, 0.6) is 5.75 Å². The number of cyclic esters (lactones) is 1. The van der Waals surface area contributed by atoms with Gasteiger partial charge in [0.25, 0.3) is 0 Å². The molecule has 3 rings (SSSR count). The number of anilines is 1. The standard InChI is InChI=1S/C11H10BrNO4/c12-6-1-2-7-9(3-6)16-5-8-10(4-14)17-11(15)13(7)8/h1-3,8,10,14H,4-5H2/t8-,10-/m0/s1. The first-order valence-corrected chi connectivity index (χ1v) is 6.03. The molecule has 0 aliphatic carbocycles. The Morgan fingerprint density at radius 2 is 2.35 bits per heavy atom. The van der Waals surface area contributed by atoms with Crippen LogP contribution < -0.4 is 9.64 Å². The Balaban J connectivity index is 2.04. The lowest BCUT2D eigenvalue weighted by Crippen LogP contribution is -2.45. The van der Waals surface area contributed by atoms with E-state index in [1.165, 1.54) is 0 Å². The number of carbonyl (C=O) groups excluding carboxylic acids is 1. The predicted molar refractivity (Wildman–Crippen MR) is 63.3 cm³/mol. The normalized spacial score (nSPS) is 26.0. The van der Waals surface area contributed by atoms with E-state index >= 15 is 0 Å². The lowest BCUT2D eigenvalue weighted by molar-refractivity contribution is 0.0734. The van der Waals surface area contributed by atoms with Gasteiger partial charge in [-0.05, 0) is 18.2 Å². The highest BCUT2D eigenvalue weighted by molar-refractivity contribution is 9.10. The smallest absolute Gasteiger partial charge is 0.415 e. The summed E-state index contributed by atoms with van der Waals surface area (Å²) in [5.41, 5.74) is 0.686. The number of fused-ring (bicyclic) bond motifs is 3. The number of aliphatic hydroxyl groups is 1. The average molecular weight is 300 g/mol. The molecule has 0 bridgehead atoms. The van der Waals surface area contributed by atoms with Gasteiger partial charge in [0.2, 0.25) is 0 Å². The zero-order valence-electron chi connectivity index (χ0n) is 8.80. The van der Waals surface area contributed by atoms with Crippen LogP contribution in [0.4, 0.5) is 10.5 Å². The first-order valence-electron chi connectivity index (χ1n) is 5.24. The van der Waals surface area contributed by atoms with E-state index in [0.29, 0.717) is 18.0 Å². The summed E-state index contributed by atoms with van der Waals surface area (Å²) in [7, 11) is 0. The summed E-state index contributed by atoms with van der Waals surface area (Å²) in [5, 5.41) is 9.15. The lowest BCUT2D eigenvalue weighted by Gasteiger charge is -2.30. The second-order valence-electron chi connectivity index (χ2n) is 3.97. The van der Waals surface area contributed by atoms with Crippen molar-refractivity contribution in [1.82, 2.24) is 0 Å². The highest BCUT2D eigenvalue weighted by Crippen LogP contribution is 2.39. The molecule has 0 spiro atoms. The van der Waals surface area contributed by atoms with Crippen molar-refractivity contribution in [3.63, 3.8) is 0 Å². The van der Waals surface area contributed by atoms with E-state index in [0.717, 1.165) is 4.47 Å². The van der Waals surface area contributed by atoms with Crippen molar-refractivity contribution in [3.8, 4) is 5.75 Å². The molecule has 1 saturated heterocycles. The van der Waals surface area contributed by atoms with Gasteiger partial charge < -0.3 is 14.6 Å². The van der Waals surface area contributed by atoms with E-state index < -0.39 is 12.2 Å². The third-order valence-corrected chi connectivity index (χ3v) is 3.47. The fourth-order valence-electron chi connectivity index (χ4n) is 2.16. The van der Waals surface area contributed by atoms with Crippen molar-refractivity contribution in [2.45, 2.75) is 12.1 Å². The fourth-order valence-corrected chi connectivity index (χ4v) is 2.50. The number of aliphatic hydroxyl groups excluding tert-OH is 1. The number of hydrogen-bond donors (Lipinski definition) is 1. The number of amides is 1. The summed E-state index contributed by atoms with van der Waals surface area (Å²) >= 11 is 3.35. The van der Waals surface area contributed by atoms with Gasteiger partial charge in [0.1, 0.15) is 18.4 Å². The average Bonchev–Trinajstić information content (AvgIpc) is 2.66. The van der Waals surface area contributed by atoms with Crippen LogP contribution in [0.2, 0.25) is 0 Å². The molecule has 0 unspecified atom stereocenters. The van der Waals surface area contributed by atoms with Crippen molar-refractivity contribution in [2.75, 3.05) is 18.1 Å². The molecule has 6 heteroatoms. The van der Waals surface area contributed by atoms with Gasteiger partial charge in [-0.3, -0.25) is 4.90 Å². The van der Waals surface area contributed by atoms with Gasteiger partial charge in [0.15, 0.2) is 6.10 Å². The number of rotatable bonds is 1. The minimum atomic E-state index is -0.515. The molecule has 2 atom stereocenters. The summed E-state index contributed by atoms with van der Waals surface area (Å²) in [4.78, 5) is 13.3. The summed E-state index contributed by atoms with van der Waals surface area (Å²) in [6.07, 6.45) is -0.944. The Labute approximate surface area is 106 Å². The molecule has 2 heterocycles. The van der Waals surface area contributed by atoms with Crippen LogP contribution >= 0.6 is 15.9 Å². The Bertz CT molecular complexity index is 479. The molecule has 1 aromatic rings. The Kier molecular flexibility index (Phi) is 2.48. The van der Waals surface area contributed by atoms with Crippen molar-refractivity contribution in [2.24, 2.45) is 0 Å². The maximum atomic E-state index is 11.8. The van der Waals surface area contributed by atoms with Gasteiger partial charge in [0.05, 0.1) is 12.3 Å². The highest BCUT2D eigenvalue weighted by Gasteiger charge is 2.46. The summed E-state index contributed by atoms with van der Waals surface area (Å²) < 4.78 is 11.6. The summed E-state index contributed by atoms with van der Waals surface area (Å²) in [6, 6.07) is 5.20. The fraction of sp³-hybridized carbons (Fsp3) is 0.364.